The molecule has 1 saturated heterocycles. The molecule has 0 radical (unpaired) electrons. The molecule has 1 atom stereocenters. The number of halogens is 1. The van der Waals surface area contributed by atoms with Crippen LogP contribution in [0.4, 0.5) is 0 Å². The molecule has 0 aliphatic carbocycles. The van der Waals surface area contributed by atoms with Crippen molar-refractivity contribution in [3.8, 4) is 0 Å². The van der Waals surface area contributed by atoms with Crippen LogP contribution in [0.2, 0.25) is 5.02 Å². The minimum Gasteiger partial charge on any atom is -0.276 e. The van der Waals surface area contributed by atoms with Gasteiger partial charge in [-0.25, -0.2) is 4.79 Å². The summed E-state index contributed by atoms with van der Waals surface area (Å²) < 4.78 is 0.216. The highest BCUT2D eigenvalue weighted by molar-refractivity contribution is 6.30. The molecule has 92 valence electrons. The Labute approximate surface area is 106 Å². The fraction of sp³-hybridized carbons (Fsp3) is 0.462. The first-order valence-corrected chi connectivity index (χ1v) is 5.96. The molecule has 3 nitrogen and oxygen atoms in total. The predicted octanol–water partition coefficient (Wildman–Crippen LogP) is 2.96. The molecule has 4 heteroatoms. The van der Waals surface area contributed by atoms with E-state index >= 15 is 0 Å². The lowest BCUT2D eigenvalue weighted by Gasteiger charge is -2.30. The minimum absolute atomic E-state index is 0.0210. The predicted molar refractivity (Wildman–Crippen MR) is 66.2 cm³/mol. The van der Waals surface area contributed by atoms with Crippen LogP contribution >= 0.6 is 11.6 Å². The van der Waals surface area contributed by atoms with E-state index in [-0.39, 0.29) is 16.7 Å². The SMILES string of the molecule is CC1(C)C(=O)O[N+](C)(C)C1c1ccc(Cl)cc1. The second-order valence-electron chi connectivity index (χ2n) is 5.49. The van der Waals surface area contributed by atoms with Crippen molar-refractivity contribution in [3.05, 3.63) is 34.9 Å². The van der Waals surface area contributed by atoms with E-state index in [1.54, 1.807) is 0 Å². The molecule has 1 heterocycles. The zero-order chi connectivity index (χ0) is 12.8. The number of hydrogen-bond donors (Lipinski definition) is 0. The van der Waals surface area contributed by atoms with Crippen LogP contribution in [0, 0.1) is 5.41 Å². The first-order valence-electron chi connectivity index (χ1n) is 5.58. The normalized spacial score (nSPS) is 25.7. The Kier molecular flexibility index (Phi) is 2.71. The summed E-state index contributed by atoms with van der Waals surface area (Å²) in [5.41, 5.74) is 0.535. The monoisotopic (exact) mass is 254 g/mol. The lowest BCUT2D eigenvalue weighted by atomic mass is 9.81. The van der Waals surface area contributed by atoms with Gasteiger partial charge in [0.2, 0.25) is 0 Å². The lowest BCUT2D eigenvalue weighted by molar-refractivity contribution is -1.07. The maximum absolute atomic E-state index is 11.9. The van der Waals surface area contributed by atoms with E-state index in [9.17, 15) is 4.79 Å². The van der Waals surface area contributed by atoms with Crippen molar-refractivity contribution in [2.24, 2.45) is 5.41 Å². The van der Waals surface area contributed by atoms with Gasteiger partial charge in [0, 0.05) is 10.6 Å². The summed E-state index contributed by atoms with van der Waals surface area (Å²) in [5.74, 6) is -0.164. The van der Waals surface area contributed by atoms with Gasteiger partial charge in [-0.05, 0) is 26.0 Å². The van der Waals surface area contributed by atoms with Gasteiger partial charge in [-0.1, -0.05) is 23.7 Å². The van der Waals surface area contributed by atoms with Crippen LogP contribution in [-0.4, -0.2) is 24.7 Å². The van der Waals surface area contributed by atoms with Crippen molar-refractivity contribution in [1.29, 1.82) is 0 Å². The van der Waals surface area contributed by atoms with Gasteiger partial charge in [0.05, 0.1) is 0 Å². The molecule has 0 saturated carbocycles. The van der Waals surface area contributed by atoms with E-state index in [0.717, 1.165) is 5.56 Å². The summed E-state index contributed by atoms with van der Waals surface area (Å²) in [7, 11) is 3.79. The van der Waals surface area contributed by atoms with Crippen LogP contribution in [-0.2, 0) is 9.63 Å². The molecule has 1 aliphatic rings. The maximum Gasteiger partial charge on any atom is 0.378 e. The van der Waals surface area contributed by atoms with Crippen molar-refractivity contribution < 1.29 is 14.3 Å². The third-order valence-corrected chi connectivity index (χ3v) is 3.59. The third kappa shape index (κ3) is 1.94. The van der Waals surface area contributed by atoms with Gasteiger partial charge in [-0.3, -0.25) is 4.84 Å². The molecule has 0 amide bonds. The Hall–Kier alpha value is -1.06. The number of hydroxylamine groups is 3. The molecular weight excluding hydrogens is 238 g/mol. The summed E-state index contributed by atoms with van der Waals surface area (Å²) >= 11 is 5.89. The number of rotatable bonds is 1. The molecule has 1 aromatic carbocycles. The van der Waals surface area contributed by atoms with Gasteiger partial charge in [0.25, 0.3) is 0 Å². The van der Waals surface area contributed by atoms with Crippen LogP contribution < -0.4 is 0 Å². The van der Waals surface area contributed by atoms with Gasteiger partial charge in [-0.2, -0.15) is 0 Å². The van der Waals surface area contributed by atoms with Crippen LogP contribution in [0.15, 0.2) is 24.3 Å². The second-order valence-corrected chi connectivity index (χ2v) is 5.93. The number of nitrogens with zero attached hydrogens (tertiary/aromatic N) is 1. The molecule has 0 aromatic heterocycles. The molecule has 0 N–H and O–H groups in total. The van der Waals surface area contributed by atoms with Gasteiger partial charge in [-0.15, -0.1) is 4.65 Å². The number of quaternary nitrogens is 1. The standard InChI is InChI=1S/C13H17ClNO2/c1-13(2)11(15(3,4)17-12(13)16)9-5-7-10(14)8-6-9/h5-8,11H,1-4H3/q+1. The highest BCUT2D eigenvalue weighted by atomic mass is 35.5. The Morgan fingerprint density at radius 3 is 2.18 bits per heavy atom. The van der Waals surface area contributed by atoms with Gasteiger partial charge < -0.3 is 0 Å². The lowest BCUT2D eigenvalue weighted by Crippen LogP contribution is -2.40. The first-order chi connectivity index (χ1) is 7.75. The minimum atomic E-state index is -0.530. The molecule has 17 heavy (non-hydrogen) atoms. The summed E-state index contributed by atoms with van der Waals surface area (Å²) in [6.07, 6.45) is 0. The summed E-state index contributed by atoms with van der Waals surface area (Å²) in [4.78, 5) is 17.3. The van der Waals surface area contributed by atoms with Crippen LogP contribution in [0.1, 0.15) is 25.5 Å². The molecule has 0 bridgehead atoms. The fourth-order valence-electron chi connectivity index (χ4n) is 2.69. The van der Waals surface area contributed by atoms with Crippen molar-refractivity contribution in [2.75, 3.05) is 14.1 Å². The molecule has 1 aliphatic heterocycles. The first kappa shape index (κ1) is 12.4. The van der Waals surface area contributed by atoms with Crippen LogP contribution in [0.3, 0.4) is 0 Å². The second kappa shape index (κ2) is 3.72. The largest absolute Gasteiger partial charge is 0.378 e. The van der Waals surface area contributed by atoms with Crippen LogP contribution in [0.25, 0.3) is 0 Å². The van der Waals surface area contributed by atoms with E-state index in [2.05, 4.69) is 0 Å². The zero-order valence-corrected chi connectivity index (χ0v) is 11.3. The molecule has 2 rings (SSSR count). The number of benzene rings is 1. The molecule has 1 unspecified atom stereocenters. The summed E-state index contributed by atoms with van der Waals surface area (Å²) in [6, 6.07) is 7.58. The average Bonchev–Trinajstić information content (AvgIpc) is 2.35. The summed E-state index contributed by atoms with van der Waals surface area (Å²) in [5, 5.41) is 0.696. The topological polar surface area (TPSA) is 26.3 Å². The van der Waals surface area contributed by atoms with Crippen LogP contribution in [0.5, 0.6) is 0 Å². The van der Waals surface area contributed by atoms with Crippen molar-refractivity contribution in [1.82, 2.24) is 0 Å². The Morgan fingerprint density at radius 1 is 1.24 bits per heavy atom. The maximum atomic E-state index is 11.9. The van der Waals surface area contributed by atoms with Gasteiger partial charge in [0.15, 0.2) is 6.04 Å². The Balaban J connectivity index is 2.48. The Bertz CT molecular complexity index is 451. The molecule has 1 fully saturated rings. The molecule has 1 aromatic rings. The van der Waals surface area contributed by atoms with Crippen molar-refractivity contribution in [2.45, 2.75) is 19.9 Å². The van der Waals surface area contributed by atoms with Crippen molar-refractivity contribution in [3.63, 3.8) is 0 Å². The summed E-state index contributed by atoms with van der Waals surface area (Å²) in [6.45, 7) is 3.84. The highest BCUT2D eigenvalue weighted by Crippen LogP contribution is 2.48. The van der Waals surface area contributed by atoms with E-state index in [4.69, 9.17) is 16.4 Å². The molecule has 0 spiro atoms. The van der Waals surface area contributed by atoms with Gasteiger partial charge >= 0.3 is 5.97 Å². The third-order valence-electron chi connectivity index (χ3n) is 3.34. The van der Waals surface area contributed by atoms with E-state index in [1.807, 2.05) is 52.2 Å². The Morgan fingerprint density at radius 2 is 1.76 bits per heavy atom. The van der Waals surface area contributed by atoms with Crippen molar-refractivity contribution >= 4 is 17.6 Å². The fourth-order valence-corrected chi connectivity index (χ4v) is 2.82. The quantitative estimate of drug-likeness (QED) is 0.721. The van der Waals surface area contributed by atoms with E-state index in [1.165, 1.54) is 0 Å². The van der Waals surface area contributed by atoms with Gasteiger partial charge in [0.1, 0.15) is 19.5 Å². The molecular formula is C13H17ClNO2+. The number of carbonyl (C=O) groups is 1. The smallest absolute Gasteiger partial charge is 0.276 e. The number of carbonyl (C=O) groups excluding carboxylic acids is 1. The number of hydrogen-bond acceptors (Lipinski definition) is 2. The zero-order valence-electron chi connectivity index (χ0n) is 10.5. The van der Waals surface area contributed by atoms with E-state index in [0.29, 0.717) is 5.02 Å². The average molecular weight is 255 g/mol. The highest BCUT2D eigenvalue weighted by Gasteiger charge is 2.59. The van der Waals surface area contributed by atoms with E-state index < -0.39 is 5.41 Å².